The Bertz CT molecular complexity index is 2000. The number of anilines is 1. The van der Waals surface area contributed by atoms with Crippen LogP contribution in [0.2, 0.25) is 5.02 Å². The molecule has 3 fully saturated rings. The number of hydrogen-bond donors (Lipinski definition) is 1. The highest BCUT2D eigenvalue weighted by atomic mass is 35.5. The molecule has 2 saturated heterocycles. The first kappa shape index (κ1) is 32.8. The number of ether oxygens (including phenoxy) is 2. The number of pyridine rings is 1. The molecule has 0 radical (unpaired) electrons. The van der Waals surface area contributed by atoms with E-state index in [1.807, 2.05) is 24.3 Å². The van der Waals surface area contributed by atoms with Gasteiger partial charge in [0, 0.05) is 80.1 Å². The van der Waals surface area contributed by atoms with Crippen LogP contribution in [0.15, 0.2) is 85.2 Å². The summed E-state index contributed by atoms with van der Waals surface area (Å²) in [6.07, 6.45) is 6.62. The monoisotopic (exact) mass is 689 g/mol. The van der Waals surface area contributed by atoms with Gasteiger partial charge in [-0.15, -0.1) is 0 Å². The molecule has 1 saturated carbocycles. The van der Waals surface area contributed by atoms with Gasteiger partial charge in [-0.3, -0.25) is 14.6 Å². The van der Waals surface area contributed by atoms with Crippen LogP contribution in [0.4, 0.5) is 5.69 Å². The van der Waals surface area contributed by atoms with Crippen molar-refractivity contribution in [2.75, 3.05) is 44.7 Å². The van der Waals surface area contributed by atoms with Gasteiger partial charge in [-0.2, -0.15) is 0 Å². The first-order valence-corrected chi connectivity index (χ1v) is 18.0. The largest absolute Gasteiger partial charge is 0.497 e. The molecule has 1 aliphatic carbocycles. The molecular weight excluding hydrogens is 646 g/mol. The third-order valence-corrected chi connectivity index (χ3v) is 11.4. The summed E-state index contributed by atoms with van der Waals surface area (Å²) in [6, 6.07) is 26.3. The Morgan fingerprint density at radius 2 is 1.82 bits per heavy atom. The summed E-state index contributed by atoms with van der Waals surface area (Å²) in [4.78, 5) is 27.3. The van der Waals surface area contributed by atoms with Crippen LogP contribution >= 0.6 is 11.6 Å². The van der Waals surface area contributed by atoms with E-state index in [-0.39, 0.29) is 0 Å². The molecule has 3 aliphatic rings. The van der Waals surface area contributed by atoms with Gasteiger partial charge >= 0.3 is 0 Å². The summed E-state index contributed by atoms with van der Waals surface area (Å²) < 4.78 is 11.6. The molecule has 1 unspecified atom stereocenters. The van der Waals surface area contributed by atoms with E-state index in [9.17, 15) is 4.79 Å². The number of fused-ring (bicyclic) bond motifs is 1. The number of carbonyl (C=O) groups excluding carboxylic acids is 1. The Hall–Kier alpha value is -4.37. The maximum Gasteiger partial charge on any atom is 0.153 e. The lowest BCUT2D eigenvalue weighted by atomic mass is 9.59. The second-order valence-corrected chi connectivity index (χ2v) is 15.1. The van der Waals surface area contributed by atoms with E-state index in [1.165, 1.54) is 29.5 Å². The maximum atomic E-state index is 11.9. The van der Waals surface area contributed by atoms with Crippen molar-refractivity contribution in [1.29, 1.82) is 0 Å². The molecule has 5 aromatic rings. The molecule has 0 bridgehead atoms. The fraction of sp³-hybridized carbons (Fsp3) is 0.366. The predicted molar refractivity (Wildman–Crippen MR) is 199 cm³/mol. The van der Waals surface area contributed by atoms with Crippen molar-refractivity contribution in [1.82, 2.24) is 19.8 Å². The van der Waals surface area contributed by atoms with Crippen molar-refractivity contribution in [3.8, 4) is 17.2 Å². The first-order chi connectivity index (χ1) is 24.3. The number of nitrogens with zero attached hydrogens (tertiary/aromatic N) is 4. The smallest absolute Gasteiger partial charge is 0.153 e. The van der Waals surface area contributed by atoms with Gasteiger partial charge in [0.2, 0.25) is 0 Å². The fourth-order valence-electron chi connectivity index (χ4n) is 8.46. The summed E-state index contributed by atoms with van der Waals surface area (Å²) in [6.45, 7) is 10.8. The fourth-order valence-corrected chi connectivity index (χ4v) is 8.66. The van der Waals surface area contributed by atoms with Gasteiger partial charge in [0.25, 0.3) is 0 Å². The number of aromatic nitrogens is 2. The van der Waals surface area contributed by atoms with Gasteiger partial charge in [0.1, 0.15) is 22.9 Å². The standard InChI is InChI=1S/C41H44ClN5O3/c1-27(2)34-6-4-5-7-35(34)38-23-45(22-28-8-12-32(49-3)13-9-28)14-15-47(38)31-18-41(19-31)25-46(26-41)30-11-10-29(24-48)39(16-30)50-33-17-36-37(42)21-44-40(36)43-20-33/h4-13,16-17,20-21,24,27,31,38H,14-15,18-19,22-23,25-26H2,1-3H3,(H,43,44). The highest BCUT2D eigenvalue weighted by molar-refractivity contribution is 6.35. The van der Waals surface area contributed by atoms with Crippen LogP contribution in [0.3, 0.4) is 0 Å². The minimum atomic E-state index is 0.331. The molecule has 2 aromatic heterocycles. The number of benzene rings is 3. The summed E-state index contributed by atoms with van der Waals surface area (Å²) in [5.74, 6) is 2.44. The third kappa shape index (κ3) is 6.25. The number of piperazine rings is 1. The van der Waals surface area contributed by atoms with Crippen molar-refractivity contribution in [3.63, 3.8) is 0 Å². The number of aromatic amines is 1. The number of halogens is 1. The minimum absolute atomic E-state index is 0.331. The van der Waals surface area contributed by atoms with Crippen molar-refractivity contribution in [2.45, 2.75) is 51.2 Å². The topological polar surface area (TPSA) is 73.9 Å². The van der Waals surface area contributed by atoms with Crippen molar-refractivity contribution < 1.29 is 14.3 Å². The van der Waals surface area contributed by atoms with E-state index in [2.05, 4.69) is 87.0 Å². The minimum Gasteiger partial charge on any atom is -0.497 e. The highest BCUT2D eigenvalue weighted by Crippen LogP contribution is 2.53. The van der Waals surface area contributed by atoms with Gasteiger partial charge in [-0.25, -0.2) is 4.98 Å². The average Bonchev–Trinajstić information content (AvgIpc) is 3.47. The van der Waals surface area contributed by atoms with Gasteiger partial charge in [-0.1, -0.05) is 61.8 Å². The zero-order chi connectivity index (χ0) is 34.4. The number of methoxy groups -OCH3 is 1. The van der Waals surface area contributed by atoms with Gasteiger partial charge < -0.3 is 19.4 Å². The number of aldehydes is 1. The zero-order valence-corrected chi connectivity index (χ0v) is 29.7. The van der Waals surface area contributed by atoms with Crippen LogP contribution in [0, 0.1) is 5.41 Å². The summed E-state index contributed by atoms with van der Waals surface area (Å²) in [5.41, 5.74) is 6.87. The molecular formula is C41H44ClN5O3. The van der Waals surface area contributed by atoms with Gasteiger partial charge in [0.15, 0.2) is 6.29 Å². The lowest BCUT2D eigenvalue weighted by molar-refractivity contribution is -0.0647. The number of carbonyl (C=O) groups is 1. The van der Waals surface area contributed by atoms with Crippen LogP contribution < -0.4 is 14.4 Å². The zero-order valence-electron chi connectivity index (χ0n) is 28.9. The highest BCUT2D eigenvalue weighted by Gasteiger charge is 2.55. The average molecular weight is 690 g/mol. The number of H-pyrrole nitrogens is 1. The molecule has 2 aliphatic heterocycles. The van der Waals surface area contributed by atoms with Gasteiger partial charge in [0.05, 0.1) is 23.9 Å². The van der Waals surface area contributed by atoms with Crippen molar-refractivity contribution in [2.24, 2.45) is 5.41 Å². The van der Waals surface area contributed by atoms with Crippen LogP contribution in [0.1, 0.15) is 65.7 Å². The molecule has 3 aromatic carbocycles. The molecule has 1 N–H and O–H groups in total. The van der Waals surface area contributed by atoms with Gasteiger partial charge in [-0.05, 0) is 65.8 Å². The molecule has 9 heteroatoms. The first-order valence-electron chi connectivity index (χ1n) is 17.7. The Morgan fingerprint density at radius 3 is 2.58 bits per heavy atom. The summed E-state index contributed by atoms with van der Waals surface area (Å²) in [7, 11) is 1.72. The Morgan fingerprint density at radius 1 is 1.02 bits per heavy atom. The molecule has 50 heavy (non-hydrogen) atoms. The second-order valence-electron chi connectivity index (χ2n) is 14.7. The summed E-state index contributed by atoms with van der Waals surface area (Å²) >= 11 is 6.31. The van der Waals surface area contributed by atoms with Crippen LogP contribution in [0.5, 0.6) is 17.2 Å². The Labute approximate surface area is 299 Å². The molecule has 4 heterocycles. The molecule has 1 atom stereocenters. The quantitative estimate of drug-likeness (QED) is 0.148. The van der Waals surface area contributed by atoms with Crippen molar-refractivity contribution >= 4 is 34.6 Å². The van der Waals surface area contributed by atoms with Crippen LogP contribution in [0.25, 0.3) is 11.0 Å². The maximum absolute atomic E-state index is 11.9. The number of hydrogen-bond acceptors (Lipinski definition) is 7. The molecule has 8 rings (SSSR count). The molecule has 8 nitrogen and oxygen atoms in total. The molecule has 1 spiro atoms. The molecule has 0 amide bonds. The Balaban J connectivity index is 0.952. The molecule has 258 valence electrons. The van der Waals surface area contributed by atoms with Crippen LogP contribution in [-0.4, -0.2) is 71.9 Å². The second kappa shape index (κ2) is 13.4. The number of rotatable bonds is 10. The normalized spacial score (nSPS) is 19.5. The van der Waals surface area contributed by atoms with E-state index in [0.717, 1.165) is 62.4 Å². The number of nitrogens with one attached hydrogen (secondary N) is 1. The van der Waals surface area contributed by atoms with E-state index in [4.69, 9.17) is 21.1 Å². The Kier molecular flexibility index (Phi) is 8.79. The third-order valence-electron chi connectivity index (χ3n) is 11.1. The SMILES string of the molecule is COc1ccc(CN2CCN(C3CC4(C3)CN(c3ccc(C=O)c(Oc5cnc6[nH]cc(Cl)c6c5)c3)C4)C(c3ccccc3C(C)C)C2)cc1. The summed E-state index contributed by atoms with van der Waals surface area (Å²) in [5, 5.41) is 1.36. The van der Waals surface area contributed by atoms with E-state index in [1.54, 1.807) is 19.5 Å². The lowest BCUT2D eigenvalue weighted by Crippen LogP contribution is -2.68. The van der Waals surface area contributed by atoms with E-state index >= 15 is 0 Å². The van der Waals surface area contributed by atoms with E-state index < -0.39 is 0 Å². The van der Waals surface area contributed by atoms with E-state index in [0.29, 0.717) is 51.1 Å². The van der Waals surface area contributed by atoms with Crippen molar-refractivity contribution in [3.05, 3.63) is 112 Å². The predicted octanol–water partition coefficient (Wildman–Crippen LogP) is 8.48. The lowest BCUT2D eigenvalue weighted by Gasteiger charge is -2.63. The van der Waals surface area contributed by atoms with Crippen LogP contribution in [-0.2, 0) is 6.54 Å².